The molecule has 0 radical (unpaired) electrons. The van der Waals surface area contributed by atoms with Crippen LogP contribution in [-0.2, 0) is 22.1 Å². The predicted octanol–water partition coefficient (Wildman–Crippen LogP) is 2.88. The van der Waals surface area contributed by atoms with Crippen molar-refractivity contribution in [1.82, 2.24) is 10.3 Å². The SMILES string of the molecule is C[C@@H](C(=O)NCCc1nc(C(F)(F)F)cs1)C1CCOCC1. The van der Waals surface area contributed by atoms with E-state index < -0.39 is 11.9 Å². The molecular weight excluding hydrogens is 317 g/mol. The van der Waals surface area contributed by atoms with Crippen LogP contribution in [0.25, 0.3) is 0 Å². The Kier molecular flexibility index (Phi) is 5.80. The van der Waals surface area contributed by atoms with Gasteiger partial charge in [0.25, 0.3) is 0 Å². The number of halogens is 3. The average Bonchev–Trinajstić information content (AvgIpc) is 2.96. The summed E-state index contributed by atoms with van der Waals surface area (Å²) in [4.78, 5) is 15.6. The van der Waals surface area contributed by atoms with Gasteiger partial charge >= 0.3 is 6.18 Å². The lowest BCUT2D eigenvalue weighted by molar-refractivity contribution is -0.140. The van der Waals surface area contributed by atoms with E-state index in [-0.39, 0.29) is 11.8 Å². The third-order valence-electron chi connectivity index (χ3n) is 3.87. The van der Waals surface area contributed by atoms with Crippen molar-refractivity contribution >= 4 is 17.2 Å². The maximum absolute atomic E-state index is 12.4. The molecule has 0 bridgehead atoms. The van der Waals surface area contributed by atoms with Gasteiger partial charge in [0, 0.05) is 37.5 Å². The van der Waals surface area contributed by atoms with E-state index in [2.05, 4.69) is 10.3 Å². The number of rotatable bonds is 5. The zero-order valence-electron chi connectivity index (χ0n) is 12.3. The maximum atomic E-state index is 12.4. The first-order valence-corrected chi connectivity index (χ1v) is 8.13. The largest absolute Gasteiger partial charge is 0.434 e. The van der Waals surface area contributed by atoms with Gasteiger partial charge in [-0.2, -0.15) is 13.2 Å². The van der Waals surface area contributed by atoms with Gasteiger partial charge in [-0.15, -0.1) is 11.3 Å². The van der Waals surface area contributed by atoms with Crippen molar-refractivity contribution in [3.8, 4) is 0 Å². The molecule has 0 unspecified atom stereocenters. The molecule has 1 fully saturated rings. The third kappa shape index (κ3) is 4.67. The van der Waals surface area contributed by atoms with Crippen LogP contribution in [0, 0.1) is 11.8 Å². The molecule has 4 nitrogen and oxygen atoms in total. The molecule has 0 saturated carbocycles. The van der Waals surface area contributed by atoms with Gasteiger partial charge in [-0.1, -0.05) is 6.92 Å². The van der Waals surface area contributed by atoms with Crippen LogP contribution < -0.4 is 5.32 Å². The lowest BCUT2D eigenvalue weighted by Gasteiger charge is -2.26. The minimum absolute atomic E-state index is 0.0560. The molecule has 1 aliphatic heterocycles. The van der Waals surface area contributed by atoms with Gasteiger partial charge in [0.15, 0.2) is 5.69 Å². The molecule has 124 valence electrons. The zero-order chi connectivity index (χ0) is 16.2. The van der Waals surface area contributed by atoms with Gasteiger partial charge < -0.3 is 10.1 Å². The summed E-state index contributed by atoms with van der Waals surface area (Å²) in [5, 5.41) is 4.16. The van der Waals surface area contributed by atoms with E-state index in [1.807, 2.05) is 6.92 Å². The normalized spacial score (nSPS) is 18.2. The number of thiazole rings is 1. The van der Waals surface area contributed by atoms with E-state index in [4.69, 9.17) is 4.74 Å². The Morgan fingerprint density at radius 3 is 2.77 bits per heavy atom. The van der Waals surface area contributed by atoms with Crippen molar-refractivity contribution in [3.63, 3.8) is 0 Å². The number of amides is 1. The van der Waals surface area contributed by atoms with E-state index in [0.717, 1.165) is 29.6 Å². The van der Waals surface area contributed by atoms with Gasteiger partial charge in [0.05, 0.1) is 5.01 Å². The molecule has 1 aromatic rings. The highest BCUT2D eigenvalue weighted by Gasteiger charge is 2.33. The van der Waals surface area contributed by atoms with Gasteiger partial charge in [-0.3, -0.25) is 4.79 Å². The molecule has 0 aromatic carbocycles. The fraction of sp³-hybridized carbons (Fsp3) is 0.714. The quantitative estimate of drug-likeness (QED) is 0.899. The lowest BCUT2D eigenvalue weighted by Crippen LogP contribution is -2.36. The van der Waals surface area contributed by atoms with E-state index in [1.165, 1.54) is 0 Å². The predicted molar refractivity (Wildman–Crippen MR) is 76.5 cm³/mol. The number of nitrogens with one attached hydrogen (secondary N) is 1. The molecular formula is C14H19F3N2O2S. The highest BCUT2D eigenvalue weighted by atomic mass is 32.1. The van der Waals surface area contributed by atoms with E-state index in [9.17, 15) is 18.0 Å². The van der Waals surface area contributed by atoms with Crippen LogP contribution in [-0.4, -0.2) is 30.6 Å². The van der Waals surface area contributed by atoms with Crippen molar-refractivity contribution in [2.75, 3.05) is 19.8 Å². The molecule has 8 heteroatoms. The van der Waals surface area contributed by atoms with Gasteiger partial charge in [-0.25, -0.2) is 4.98 Å². The number of carbonyl (C=O) groups is 1. The first-order valence-electron chi connectivity index (χ1n) is 7.25. The molecule has 0 aliphatic carbocycles. The highest BCUT2D eigenvalue weighted by Crippen LogP contribution is 2.30. The van der Waals surface area contributed by atoms with Crippen LogP contribution in [0.3, 0.4) is 0 Å². The van der Waals surface area contributed by atoms with Crippen molar-refractivity contribution in [3.05, 3.63) is 16.1 Å². The summed E-state index contributed by atoms with van der Waals surface area (Å²) in [5.41, 5.74) is -0.866. The van der Waals surface area contributed by atoms with Crippen LogP contribution in [0.2, 0.25) is 0 Å². The second kappa shape index (κ2) is 7.41. The summed E-state index contributed by atoms with van der Waals surface area (Å²) in [5.74, 6) is 0.149. The fourth-order valence-corrected chi connectivity index (χ4v) is 3.24. The molecule has 2 rings (SSSR count). The van der Waals surface area contributed by atoms with E-state index >= 15 is 0 Å². The number of aromatic nitrogens is 1. The van der Waals surface area contributed by atoms with E-state index in [0.29, 0.717) is 37.1 Å². The van der Waals surface area contributed by atoms with Crippen LogP contribution >= 0.6 is 11.3 Å². The smallest absolute Gasteiger partial charge is 0.381 e. The molecule has 1 atom stereocenters. The van der Waals surface area contributed by atoms with Crippen molar-refractivity contribution in [2.45, 2.75) is 32.4 Å². The van der Waals surface area contributed by atoms with Crippen LogP contribution in [0.15, 0.2) is 5.38 Å². The molecule has 1 aromatic heterocycles. The maximum Gasteiger partial charge on any atom is 0.434 e. The molecule has 1 N–H and O–H groups in total. The second-order valence-corrected chi connectivity index (χ2v) is 6.35. The number of alkyl halides is 3. The highest BCUT2D eigenvalue weighted by molar-refractivity contribution is 7.09. The second-order valence-electron chi connectivity index (χ2n) is 5.40. The summed E-state index contributed by atoms with van der Waals surface area (Å²) in [6.45, 7) is 3.55. The monoisotopic (exact) mass is 336 g/mol. The van der Waals surface area contributed by atoms with Gasteiger partial charge in [0.1, 0.15) is 0 Å². The Bertz CT molecular complexity index is 499. The summed E-state index contributed by atoms with van der Waals surface area (Å²) in [6, 6.07) is 0. The van der Waals surface area contributed by atoms with Crippen LogP contribution in [0.5, 0.6) is 0 Å². The number of hydrogen-bond acceptors (Lipinski definition) is 4. The van der Waals surface area contributed by atoms with Crippen molar-refractivity contribution < 1.29 is 22.7 Å². The minimum Gasteiger partial charge on any atom is -0.381 e. The minimum atomic E-state index is -4.41. The first-order chi connectivity index (χ1) is 10.4. The molecule has 22 heavy (non-hydrogen) atoms. The molecule has 1 saturated heterocycles. The molecule has 1 aliphatic rings. The Hall–Kier alpha value is -1.15. The zero-order valence-corrected chi connectivity index (χ0v) is 13.1. The first kappa shape index (κ1) is 17.2. The molecule has 1 amide bonds. The summed E-state index contributed by atoms with van der Waals surface area (Å²) < 4.78 is 42.6. The Labute approximate surface area is 131 Å². The third-order valence-corrected chi connectivity index (χ3v) is 4.78. The van der Waals surface area contributed by atoms with Gasteiger partial charge in [0.2, 0.25) is 5.91 Å². The van der Waals surface area contributed by atoms with Crippen LogP contribution in [0.1, 0.15) is 30.5 Å². The standard InChI is InChI=1S/C14H19F3N2O2S/c1-9(10-3-6-21-7-4-10)13(20)18-5-2-12-19-11(8-22-12)14(15,16)17/h8-10H,2-7H2,1H3,(H,18,20)/t9-/m1/s1. The van der Waals surface area contributed by atoms with Crippen molar-refractivity contribution in [1.29, 1.82) is 0 Å². The molecule has 2 heterocycles. The summed E-state index contributed by atoms with van der Waals surface area (Å²) in [6.07, 6.45) is -2.35. The lowest BCUT2D eigenvalue weighted by atomic mass is 9.87. The number of nitrogens with zero attached hydrogens (tertiary/aromatic N) is 1. The van der Waals surface area contributed by atoms with Crippen molar-refractivity contribution in [2.24, 2.45) is 11.8 Å². The molecule has 0 spiro atoms. The fourth-order valence-electron chi connectivity index (χ4n) is 2.44. The Morgan fingerprint density at radius 2 is 2.18 bits per heavy atom. The number of carbonyl (C=O) groups excluding carboxylic acids is 1. The number of ether oxygens (including phenoxy) is 1. The van der Waals surface area contributed by atoms with Gasteiger partial charge in [-0.05, 0) is 18.8 Å². The summed E-state index contributed by atoms with van der Waals surface area (Å²) in [7, 11) is 0. The Balaban J connectivity index is 1.75. The summed E-state index contributed by atoms with van der Waals surface area (Å²) >= 11 is 0.966. The van der Waals surface area contributed by atoms with Crippen LogP contribution in [0.4, 0.5) is 13.2 Å². The topological polar surface area (TPSA) is 51.2 Å². The average molecular weight is 336 g/mol. The Morgan fingerprint density at radius 1 is 1.50 bits per heavy atom. The number of hydrogen-bond donors (Lipinski definition) is 1. The van der Waals surface area contributed by atoms with E-state index in [1.54, 1.807) is 0 Å².